The van der Waals surface area contributed by atoms with E-state index >= 15 is 0 Å². The Bertz CT molecular complexity index is 298. The molecule has 0 aliphatic carbocycles. The average Bonchev–Trinajstić information content (AvgIpc) is 2.34. The zero-order valence-corrected chi connectivity index (χ0v) is 9.96. The second kappa shape index (κ2) is 5.80. The molecule has 0 fully saturated rings. The van der Waals surface area contributed by atoms with Gasteiger partial charge in [0, 0.05) is 6.54 Å². The summed E-state index contributed by atoms with van der Waals surface area (Å²) < 4.78 is 12.6. The Kier molecular flexibility index (Phi) is 4.68. The SMILES string of the molecule is CCC(CC)(CN)CNc1ccc(F)cn1. The molecule has 0 bridgehead atoms. The molecule has 0 saturated carbocycles. The fourth-order valence-electron chi connectivity index (χ4n) is 1.62. The van der Waals surface area contributed by atoms with Gasteiger partial charge in [0.25, 0.3) is 0 Å². The van der Waals surface area contributed by atoms with Crippen molar-refractivity contribution in [1.82, 2.24) is 4.98 Å². The molecule has 90 valence electrons. The second-order valence-corrected chi connectivity index (χ2v) is 4.13. The summed E-state index contributed by atoms with van der Waals surface area (Å²) >= 11 is 0. The molecule has 3 nitrogen and oxygen atoms in total. The molecule has 16 heavy (non-hydrogen) atoms. The molecule has 0 spiro atoms. The van der Waals surface area contributed by atoms with E-state index in [1.807, 2.05) is 0 Å². The molecule has 1 aromatic rings. The van der Waals surface area contributed by atoms with Crippen molar-refractivity contribution in [2.45, 2.75) is 26.7 Å². The van der Waals surface area contributed by atoms with Crippen molar-refractivity contribution in [3.05, 3.63) is 24.1 Å². The summed E-state index contributed by atoms with van der Waals surface area (Å²) in [5.41, 5.74) is 5.90. The maximum Gasteiger partial charge on any atom is 0.141 e. The third-order valence-electron chi connectivity index (χ3n) is 3.30. The van der Waals surface area contributed by atoms with Crippen LogP contribution in [0.4, 0.5) is 10.2 Å². The van der Waals surface area contributed by atoms with Gasteiger partial charge < -0.3 is 11.1 Å². The summed E-state index contributed by atoms with van der Waals surface area (Å²) in [7, 11) is 0. The van der Waals surface area contributed by atoms with Gasteiger partial charge in [0.05, 0.1) is 6.20 Å². The van der Waals surface area contributed by atoms with Crippen LogP contribution in [0.1, 0.15) is 26.7 Å². The van der Waals surface area contributed by atoms with Crippen LogP contribution in [0.2, 0.25) is 0 Å². The lowest BCUT2D eigenvalue weighted by Gasteiger charge is -2.30. The first-order valence-corrected chi connectivity index (χ1v) is 5.71. The van der Waals surface area contributed by atoms with E-state index in [2.05, 4.69) is 24.1 Å². The second-order valence-electron chi connectivity index (χ2n) is 4.13. The lowest BCUT2D eigenvalue weighted by molar-refractivity contribution is 0.294. The van der Waals surface area contributed by atoms with Gasteiger partial charge in [-0.2, -0.15) is 0 Å². The van der Waals surface area contributed by atoms with Crippen LogP contribution in [0.15, 0.2) is 18.3 Å². The maximum absolute atomic E-state index is 12.6. The van der Waals surface area contributed by atoms with Crippen molar-refractivity contribution in [2.24, 2.45) is 11.1 Å². The third kappa shape index (κ3) is 3.17. The van der Waals surface area contributed by atoms with Crippen molar-refractivity contribution >= 4 is 5.82 Å². The van der Waals surface area contributed by atoms with Gasteiger partial charge in [-0.1, -0.05) is 13.8 Å². The number of aromatic nitrogens is 1. The third-order valence-corrected chi connectivity index (χ3v) is 3.30. The Balaban J connectivity index is 2.58. The molecular formula is C12H20FN3. The Morgan fingerprint density at radius 1 is 1.38 bits per heavy atom. The molecule has 4 heteroatoms. The number of rotatable bonds is 6. The summed E-state index contributed by atoms with van der Waals surface area (Å²) in [6.07, 6.45) is 3.26. The van der Waals surface area contributed by atoms with E-state index in [0.29, 0.717) is 12.4 Å². The molecule has 0 radical (unpaired) electrons. The van der Waals surface area contributed by atoms with E-state index in [4.69, 9.17) is 5.73 Å². The number of hydrogen-bond donors (Lipinski definition) is 2. The van der Waals surface area contributed by atoms with E-state index in [0.717, 1.165) is 19.4 Å². The quantitative estimate of drug-likeness (QED) is 0.781. The Morgan fingerprint density at radius 3 is 2.50 bits per heavy atom. The van der Waals surface area contributed by atoms with E-state index < -0.39 is 0 Å². The van der Waals surface area contributed by atoms with Crippen LogP contribution in [0, 0.1) is 11.2 Å². The number of nitrogens with two attached hydrogens (primary N) is 1. The van der Waals surface area contributed by atoms with Crippen molar-refractivity contribution in [3.63, 3.8) is 0 Å². The molecule has 0 aliphatic rings. The van der Waals surface area contributed by atoms with Gasteiger partial charge in [-0.05, 0) is 36.9 Å². The molecule has 1 rings (SSSR count). The summed E-state index contributed by atoms with van der Waals surface area (Å²) in [5.74, 6) is 0.378. The Labute approximate surface area is 96.3 Å². The average molecular weight is 225 g/mol. The highest BCUT2D eigenvalue weighted by atomic mass is 19.1. The topological polar surface area (TPSA) is 50.9 Å². The summed E-state index contributed by atoms with van der Waals surface area (Å²) in [6.45, 7) is 5.69. The summed E-state index contributed by atoms with van der Waals surface area (Å²) in [5, 5.41) is 3.21. The number of halogens is 1. The van der Waals surface area contributed by atoms with Crippen molar-refractivity contribution in [1.29, 1.82) is 0 Å². The molecule has 3 N–H and O–H groups in total. The van der Waals surface area contributed by atoms with Crippen molar-refractivity contribution in [3.8, 4) is 0 Å². The van der Waals surface area contributed by atoms with E-state index in [9.17, 15) is 4.39 Å². The number of nitrogens with one attached hydrogen (secondary N) is 1. The summed E-state index contributed by atoms with van der Waals surface area (Å²) in [6, 6.07) is 3.04. The van der Waals surface area contributed by atoms with E-state index in [-0.39, 0.29) is 11.2 Å². The highest BCUT2D eigenvalue weighted by molar-refractivity contribution is 5.33. The van der Waals surface area contributed by atoms with Crippen LogP contribution in [0.25, 0.3) is 0 Å². The molecule has 1 aromatic heterocycles. The van der Waals surface area contributed by atoms with Gasteiger partial charge >= 0.3 is 0 Å². The van der Waals surface area contributed by atoms with Gasteiger partial charge in [0.2, 0.25) is 0 Å². The molecule has 0 amide bonds. The minimum Gasteiger partial charge on any atom is -0.369 e. The van der Waals surface area contributed by atoms with Crippen LogP contribution in [-0.4, -0.2) is 18.1 Å². The Hall–Kier alpha value is -1.16. The molecule has 0 aliphatic heterocycles. The number of pyridine rings is 1. The van der Waals surface area contributed by atoms with Crippen LogP contribution in [0.3, 0.4) is 0 Å². The first-order chi connectivity index (χ1) is 7.65. The fraction of sp³-hybridized carbons (Fsp3) is 0.583. The Morgan fingerprint density at radius 2 is 2.06 bits per heavy atom. The zero-order valence-electron chi connectivity index (χ0n) is 9.96. The molecule has 0 aromatic carbocycles. The van der Waals surface area contributed by atoms with Gasteiger partial charge in [0.15, 0.2) is 0 Å². The van der Waals surface area contributed by atoms with Gasteiger partial charge in [0.1, 0.15) is 11.6 Å². The summed E-state index contributed by atoms with van der Waals surface area (Å²) in [4.78, 5) is 3.96. The molecule has 0 saturated heterocycles. The lowest BCUT2D eigenvalue weighted by Crippen LogP contribution is -2.36. The fourth-order valence-corrected chi connectivity index (χ4v) is 1.62. The predicted molar refractivity (Wildman–Crippen MR) is 64.8 cm³/mol. The normalized spacial score (nSPS) is 11.5. The molecule has 0 unspecified atom stereocenters. The number of hydrogen-bond acceptors (Lipinski definition) is 3. The van der Waals surface area contributed by atoms with Crippen LogP contribution >= 0.6 is 0 Å². The van der Waals surface area contributed by atoms with Gasteiger partial charge in [-0.15, -0.1) is 0 Å². The van der Waals surface area contributed by atoms with Crippen molar-refractivity contribution < 1.29 is 4.39 Å². The van der Waals surface area contributed by atoms with Gasteiger partial charge in [-0.25, -0.2) is 9.37 Å². The smallest absolute Gasteiger partial charge is 0.141 e. The van der Waals surface area contributed by atoms with Gasteiger partial charge in [-0.3, -0.25) is 0 Å². The first-order valence-electron chi connectivity index (χ1n) is 5.71. The van der Waals surface area contributed by atoms with E-state index in [1.165, 1.54) is 12.3 Å². The molecule has 0 atom stereocenters. The highest BCUT2D eigenvalue weighted by Gasteiger charge is 2.23. The van der Waals surface area contributed by atoms with E-state index in [1.54, 1.807) is 6.07 Å². The predicted octanol–water partition coefficient (Wildman–Crippen LogP) is 2.40. The number of anilines is 1. The molecular weight excluding hydrogens is 205 g/mol. The monoisotopic (exact) mass is 225 g/mol. The van der Waals surface area contributed by atoms with Crippen molar-refractivity contribution in [2.75, 3.05) is 18.4 Å². The first kappa shape index (κ1) is 12.9. The van der Waals surface area contributed by atoms with Crippen LogP contribution in [-0.2, 0) is 0 Å². The highest BCUT2D eigenvalue weighted by Crippen LogP contribution is 2.24. The number of nitrogens with zero attached hydrogens (tertiary/aromatic N) is 1. The minimum atomic E-state index is -0.318. The largest absolute Gasteiger partial charge is 0.369 e. The maximum atomic E-state index is 12.6. The molecule has 1 heterocycles. The van der Waals surface area contributed by atoms with Crippen LogP contribution < -0.4 is 11.1 Å². The standard InChI is InChI=1S/C12H20FN3/c1-3-12(4-2,8-14)9-16-11-6-5-10(13)7-15-11/h5-7H,3-4,8-9,14H2,1-2H3,(H,15,16). The van der Waals surface area contributed by atoms with Crippen LogP contribution in [0.5, 0.6) is 0 Å². The minimum absolute atomic E-state index is 0.107. The lowest BCUT2D eigenvalue weighted by atomic mass is 9.82. The zero-order chi connectivity index (χ0) is 12.0.